The van der Waals surface area contributed by atoms with Crippen LogP contribution in [0.4, 0.5) is 5.13 Å². The monoisotopic (exact) mass is 212 g/mol. The van der Waals surface area contributed by atoms with Crippen LogP contribution in [0.15, 0.2) is 0 Å². The highest BCUT2D eigenvalue weighted by Crippen LogP contribution is 2.32. The molecule has 1 fully saturated rings. The molecule has 14 heavy (non-hydrogen) atoms. The minimum absolute atomic E-state index is 0.180. The van der Waals surface area contributed by atoms with Crippen LogP contribution in [0.5, 0.6) is 0 Å². The second kappa shape index (κ2) is 3.17. The SMILES string of the molecule is Cc1nnc(N2CC(N)C(C)(C)C2)s1. The minimum Gasteiger partial charge on any atom is -0.344 e. The van der Waals surface area contributed by atoms with Crippen molar-refractivity contribution in [2.24, 2.45) is 11.1 Å². The second-order valence-electron chi connectivity index (χ2n) is 4.58. The summed E-state index contributed by atoms with van der Waals surface area (Å²) in [7, 11) is 0. The lowest BCUT2D eigenvalue weighted by Crippen LogP contribution is -2.35. The molecule has 2 heterocycles. The number of anilines is 1. The summed E-state index contributed by atoms with van der Waals surface area (Å²) in [6, 6.07) is 0.228. The van der Waals surface area contributed by atoms with E-state index in [2.05, 4.69) is 28.9 Å². The Kier molecular flexibility index (Phi) is 2.23. The summed E-state index contributed by atoms with van der Waals surface area (Å²) in [5, 5.41) is 10.2. The average Bonchev–Trinajstić information content (AvgIpc) is 2.58. The van der Waals surface area contributed by atoms with E-state index in [1.165, 1.54) is 0 Å². The fourth-order valence-corrected chi connectivity index (χ4v) is 2.41. The Bertz CT molecular complexity index is 333. The number of rotatable bonds is 1. The Morgan fingerprint density at radius 3 is 2.64 bits per heavy atom. The quantitative estimate of drug-likeness (QED) is 0.755. The molecule has 0 radical (unpaired) electrons. The maximum atomic E-state index is 6.06. The van der Waals surface area contributed by atoms with E-state index >= 15 is 0 Å². The minimum atomic E-state index is 0.180. The lowest BCUT2D eigenvalue weighted by molar-refractivity contribution is 0.365. The summed E-state index contributed by atoms with van der Waals surface area (Å²) in [5.41, 5.74) is 6.24. The summed E-state index contributed by atoms with van der Waals surface area (Å²) in [6.07, 6.45) is 0. The molecule has 0 aliphatic carbocycles. The van der Waals surface area contributed by atoms with Crippen LogP contribution < -0.4 is 10.6 Å². The van der Waals surface area contributed by atoms with Gasteiger partial charge in [-0.15, -0.1) is 10.2 Å². The Hall–Kier alpha value is -0.680. The van der Waals surface area contributed by atoms with Gasteiger partial charge in [0, 0.05) is 19.1 Å². The molecule has 0 spiro atoms. The number of nitrogens with zero attached hydrogens (tertiary/aromatic N) is 3. The summed E-state index contributed by atoms with van der Waals surface area (Å²) >= 11 is 1.64. The number of hydrogen-bond acceptors (Lipinski definition) is 5. The average molecular weight is 212 g/mol. The third-order valence-electron chi connectivity index (χ3n) is 2.81. The maximum absolute atomic E-state index is 6.06. The van der Waals surface area contributed by atoms with Crippen molar-refractivity contribution in [3.05, 3.63) is 5.01 Å². The van der Waals surface area contributed by atoms with Crippen LogP contribution in [0, 0.1) is 12.3 Å². The van der Waals surface area contributed by atoms with Gasteiger partial charge >= 0.3 is 0 Å². The zero-order chi connectivity index (χ0) is 10.3. The molecule has 78 valence electrons. The van der Waals surface area contributed by atoms with Crippen molar-refractivity contribution in [3.63, 3.8) is 0 Å². The van der Waals surface area contributed by atoms with E-state index in [1.807, 2.05) is 6.92 Å². The van der Waals surface area contributed by atoms with Crippen LogP contribution in [0.3, 0.4) is 0 Å². The smallest absolute Gasteiger partial charge is 0.208 e. The van der Waals surface area contributed by atoms with Gasteiger partial charge in [0.1, 0.15) is 5.01 Å². The predicted molar refractivity (Wildman–Crippen MR) is 58.6 cm³/mol. The molecule has 1 aromatic heterocycles. The number of aromatic nitrogens is 2. The highest BCUT2D eigenvalue weighted by Gasteiger charge is 2.37. The van der Waals surface area contributed by atoms with E-state index in [0.717, 1.165) is 23.2 Å². The molecule has 4 nitrogen and oxygen atoms in total. The van der Waals surface area contributed by atoms with E-state index < -0.39 is 0 Å². The van der Waals surface area contributed by atoms with Crippen molar-refractivity contribution in [2.75, 3.05) is 18.0 Å². The molecule has 1 saturated heterocycles. The molecule has 1 aromatic rings. The Balaban J connectivity index is 2.16. The molecule has 0 amide bonds. The molecule has 2 N–H and O–H groups in total. The molecule has 1 aliphatic rings. The van der Waals surface area contributed by atoms with Crippen LogP contribution in [0.1, 0.15) is 18.9 Å². The normalized spacial score (nSPS) is 25.7. The number of hydrogen-bond donors (Lipinski definition) is 1. The van der Waals surface area contributed by atoms with Crippen LogP contribution in [-0.4, -0.2) is 29.3 Å². The fraction of sp³-hybridized carbons (Fsp3) is 0.778. The topological polar surface area (TPSA) is 55.0 Å². The van der Waals surface area contributed by atoms with E-state index in [4.69, 9.17) is 5.73 Å². The van der Waals surface area contributed by atoms with E-state index in [1.54, 1.807) is 11.3 Å². The molecular weight excluding hydrogens is 196 g/mol. The molecule has 1 atom stereocenters. The Morgan fingerprint density at radius 1 is 1.50 bits per heavy atom. The van der Waals surface area contributed by atoms with Gasteiger partial charge < -0.3 is 10.6 Å². The molecule has 1 unspecified atom stereocenters. The van der Waals surface area contributed by atoms with Gasteiger partial charge in [-0.3, -0.25) is 0 Å². The summed E-state index contributed by atoms with van der Waals surface area (Å²) < 4.78 is 0. The molecular formula is C9H16N4S. The van der Waals surface area contributed by atoms with Gasteiger partial charge in [-0.1, -0.05) is 25.2 Å². The molecule has 0 aromatic carbocycles. The van der Waals surface area contributed by atoms with E-state index in [0.29, 0.717) is 0 Å². The lowest BCUT2D eigenvalue weighted by Gasteiger charge is -2.21. The highest BCUT2D eigenvalue weighted by atomic mass is 32.1. The predicted octanol–water partition coefficient (Wildman–Crippen LogP) is 1.02. The molecule has 0 bridgehead atoms. The first-order chi connectivity index (χ1) is 6.49. The Morgan fingerprint density at radius 2 is 2.21 bits per heavy atom. The largest absolute Gasteiger partial charge is 0.344 e. The van der Waals surface area contributed by atoms with Crippen LogP contribution >= 0.6 is 11.3 Å². The van der Waals surface area contributed by atoms with Crippen LogP contribution in [0.25, 0.3) is 0 Å². The summed E-state index contributed by atoms with van der Waals surface area (Å²) in [5.74, 6) is 0. The molecule has 2 rings (SSSR count). The second-order valence-corrected chi connectivity index (χ2v) is 5.74. The first-order valence-corrected chi connectivity index (χ1v) is 5.61. The van der Waals surface area contributed by atoms with Crippen molar-refractivity contribution in [3.8, 4) is 0 Å². The van der Waals surface area contributed by atoms with Crippen molar-refractivity contribution in [1.29, 1.82) is 0 Å². The van der Waals surface area contributed by atoms with Gasteiger partial charge in [0.05, 0.1) is 0 Å². The van der Waals surface area contributed by atoms with Gasteiger partial charge in [-0.05, 0) is 12.3 Å². The third-order valence-corrected chi connectivity index (χ3v) is 3.70. The molecule has 1 aliphatic heterocycles. The zero-order valence-electron chi connectivity index (χ0n) is 8.82. The fourth-order valence-electron chi connectivity index (χ4n) is 1.72. The molecule has 5 heteroatoms. The van der Waals surface area contributed by atoms with E-state index in [9.17, 15) is 0 Å². The third kappa shape index (κ3) is 1.62. The summed E-state index contributed by atoms with van der Waals surface area (Å²) in [6.45, 7) is 8.24. The van der Waals surface area contributed by atoms with Gasteiger partial charge in [0.2, 0.25) is 5.13 Å². The first-order valence-electron chi connectivity index (χ1n) is 4.80. The van der Waals surface area contributed by atoms with Gasteiger partial charge in [-0.25, -0.2) is 0 Å². The lowest BCUT2D eigenvalue weighted by atomic mass is 9.89. The van der Waals surface area contributed by atoms with Crippen molar-refractivity contribution in [1.82, 2.24) is 10.2 Å². The van der Waals surface area contributed by atoms with Gasteiger partial charge in [0.15, 0.2) is 0 Å². The first kappa shape index (κ1) is 9.86. The van der Waals surface area contributed by atoms with Crippen LogP contribution in [0.2, 0.25) is 0 Å². The van der Waals surface area contributed by atoms with Gasteiger partial charge in [-0.2, -0.15) is 0 Å². The van der Waals surface area contributed by atoms with Crippen molar-refractivity contribution >= 4 is 16.5 Å². The Labute approximate surface area is 88.1 Å². The molecule has 0 saturated carbocycles. The van der Waals surface area contributed by atoms with Crippen molar-refractivity contribution < 1.29 is 0 Å². The van der Waals surface area contributed by atoms with E-state index in [-0.39, 0.29) is 11.5 Å². The number of aryl methyl sites for hydroxylation is 1. The highest BCUT2D eigenvalue weighted by molar-refractivity contribution is 7.15. The number of nitrogens with two attached hydrogens (primary N) is 1. The summed E-state index contributed by atoms with van der Waals surface area (Å²) in [4.78, 5) is 2.23. The van der Waals surface area contributed by atoms with Gasteiger partial charge in [0.25, 0.3) is 0 Å². The van der Waals surface area contributed by atoms with Crippen LogP contribution in [-0.2, 0) is 0 Å². The van der Waals surface area contributed by atoms with Crippen molar-refractivity contribution in [2.45, 2.75) is 26.8 Å². The maximum Gasteiger partial charge on any atom is 0.208 e. The standard InChI is InChI=1S/C9H16N4S/c1-6-11-12-8(14-6)13-4-7(10)9(2,3)5-13/h7H,4-5,10H2,1-3H3. The zero-order valence-corrected chi connectivity index (χ0v) is 9.64.